The van der Waals surface area contributed by atoms with E-state index in [4.69, 9.17) is 9.72 Å². The molecule has 306 valence electrons. The van der Waals surface area contributed by atoms with Crippen molar-refractivity contribution in [1.82, 2.24) is 14.1 Å². The van der Waals surface area contributed by atoms with Gasteiger partial charge < -0.3 is 13.9 Å². The van der Waals surface area contributed by atoms with E-state index in [0.29, 0.717) is 11.5 Å². The minimum absolute atomic E-state index is 0. The van der Waals surface area contributed by atoms with E-state index >= 15 is 0 Å². The van der Waals surface area contributed by atoms with E-state index < -0.39 is 8.07 Å². The fraction of sp³-hybridized carbons (Fsp3) is 0.127. The van der Waals surface area contributed by atoms with Crippen molar-refractivity contribution in [2.45, 2.75) is 45.8 Å². The van der Waals surface area contributed by atoms with Crippen LogP contribution in [0.5, 0.6) is 11.5 Å². The first-order valence-corrected chi connectivity index (χ1v) is 24.5. The van der Waals surface area contributed by atoms with E-state index in [-0.39, 0.29) is 26.5 Å². The molecule has 4 heterocycles. The van der Waals surface area contributed by atoms with Crippen molar-refractivity contribution >= 4 is 46.1 Å². The number of fused-ring (bicyclic) bond motifs is 10. The van der Waals surface area contributed by atoms with E-state index in [1.807, 2.05) is 24.4 Å². The summed E-state index contributed by atoms with van der Waals surface area (Å²) >= 11 is 0. The van der Waals surface area contributed by atoms with Crippen LogP contribution in [0.25, 0.3) is 83.4 Å². The molecule has 0 N–H and O–H groups in total. The smallest absolute Gasteiger partial charge is 0.268 e. The molecular formula is C55H44N4OPtSi-2. The Bertz CT molecular complexity index is 3380. The van der Waals surface area contributed by atoms with Gasteiger partial charge in [-0.25, -0.2) is 4.98 Å². The monoisotopic (exact) mass is 999 g/mol. The summed E-state index contributed by atoms with van der Waals surface area (Å²) in [6.07, 6.45) is 5.80. The van der Waals surface area contributed by atoms with Gasteiger partial charge in [0.2, 0.25) is 0 Å². The number of ether oxygens (including phenoxy) is 1. The Morgan fingerprint density at radius 2 is 1.21 bits per heavy atom. The van der Waals surface area contributed by atoms with Gasteiger partial charge in [0, 0.05) is 44.3 Å². The van der Waals surface area contributed by atoms with Crippen molar-refractivity contribution in [2.75, 3.05) is 0 Å². The largest absolute Gasteiger partial charge is 0.510 e. The van der Waals surface area contributed by atoms with Crippen molar-refractivity contribution in [3.05, 3.63) is 182 Å². The standard InChI is InChI=1S/C55H44N4OSi.Pt/c1-55(2,3)36-30-31-56-52(32-36)59-48-25-12-11-22-44(48)45-29-28-39(34-50(45)59)60-38-17-13-16-37(33-38)57-35-58-53-46(23-14-26-49(53)57)42-20-9-7-18-40(42)41-19-8-10-21-43(41)47-24-15-27-51(54(47)58)61(4,5)6;/h7-32H,1-6H3;/q-2;. The quantitative estimate of drug-likeness (QED) is 0.0978. The van der Waals surface area contributed by atoms with E-state index in [0.717, 1.165) is 49.9 Å². The van der Waals surface area contributed by atoms with Gasteiger partial charge in [0.15, 0.2) is 0 Å². The molecule has 10 aromatic rings. The van der Waals surface area contributed by atoms with Crippen molar-refractivity contribution in [3.63, 3.8) is 0 Å². The Kier molecular flexibility index (Phi) is 9.58. The van der Waals surface area contributed by atoms with Crippen molar-refractivity contribution in [1.29, 1.82) is 0 Å². The number of benzene rings is 7. The second-order valence-corrected chi connectivity index (χ2v) is 23.1. The van der Waals surface area contributed by atoms with Gasteiger partial charge in [-0.1, -0.05) is 149 Å². The Balaban J connectivity index is 0.00000458. The second-order valence-electron chi connectivity index (χ2n) is 18.1. The molecule has 0 amide bonds. The topological polar surface area (TPSA) is 35.9 Å². The molecule has 0 atom stereocenters. The van der Waals surface area contributed by atoms with E-state index in [1.165, 1.54) is 44.3 Å². The number of para-hydroxylation sites is 3. The van der Waals surface area contributed by atoms with Crippen LogP contribution in [0.1, 0.15) is 26.3 Å². The average molecular weight is 1000 g/mol. The van der Waals surface area contributed by atoms with Crippen LogP contribution in [0.4, 0.5) is 0 Å². The Labute approximate surface area is 378 Å². The Morgan fingerprint density at radius 3 is 1.95 bits per heavy atom. The molecule has 0 bridgehead atoms. The van der Waals surface area contributed by atoms with Crippen LogP contribution in [-0.2, 0) is 26.5 Å². The molecule has 11 rings (SSSR count). The van der Waals surface area contributed by atoms with Crippen molar-refractivity contribution in [3.8, 4) is 62.1 Å². The number of nitrogens with zero attached hydrogens (tertiary/aromatic N) is 4. The fourth-order valence-electron chi connectivity index (χ4n) is 9.15. The van der Waals surface area contributed by atoms with Gasteiger partial charge in [0.05, 0.1) is 24.8 Å². The number of imidazole rings is 1. The SMILES string of the molecule is CC(C)(C)c1ccnc(-n2c3[c-]c(Oc4[c-]c(-n5[c-][n+]6c7c(cccc75)-c5ccccc5-c5ccccc5-c5cccc([Si](C)(C)C)c5-6)ccc4)ccc3c3ccccc32)c1.[Pt]. The van der Waals surface area contributed by atoms with Crippen LogP contribution in [0.15, 0.2) is 158 Å². The first-order valence-electron chi connectivity index (χ1n) is 21.0. The average Bonchev–Trinajstić information content (AvgIpc) is 3.82. The Morgan fingerprint density at radius 1 is 0.597 bits per heavy atom. The van der Waals surface area contributed by atoms with E-state index in [9.17, 15) is 0 Å². The van der Waals surface area contributed by atoms with Gasteiger partial charge in [0.1, 0.15) is 5.82 Å². The molecule has 0 radical (unpaired) electrons. The molecule has 7 aromatic carbocycles. The third-order valence-corrected chi connectivity index (χ3v) is 14.1. The van der Waals surface area contributed by atoms with Gasteiger partial charge in [-0.15, -0.1) is 29.7 Å². The number of hydrogen-bond donors (Lipinski definition) is 0. The van der Waals surface area contributed by atoms with Crippen LogP contribution in [0.2, 0.25) is 19.6 Å². The number of hydrogen-bond acceptors (Lipinski definition) is 2. The molecule has 0 spiro atoms. The summed E-state index contributed by atoms with van der Waals surface area (Å²) in [7, 11) is -1.88. The molecule has 5 nitrogen and oxygen atoms in total. The molecule has 1 aliphatic rings. The number of aromatic nitrogens is 4. The van der Waals surface area contributed by atoms with Gasteiger partial charge in [-0.05, 0) is 78.8 Å². The summed E-state index contributed by atoms with van der Waals surface area (Å²) < 4.78 is 13.4. The molecule has 7 heteroatoms. The number of rotatable bonds is 5. The van der Waals surface area contributed by atoms with Crippen LogP contribution in [-0.4, -0.2) is 22.2 Å². The van der Waals surface area contributed by atoms with Gasteiger partial charge in [-0.3, -0.25) is 4.57 Å². The van der Waals surface area contributed by atoms with E-state index in [2.05, 4.69) is 206 Å². The summed E-state index contributed by atoms with van der Waals surface area (Å²) in [6.45, 7) is 14.0. The zero-order valence-electron chi connectivity index (χ0n) is 35.5. The number of pyridine rings is 1. The maximum Gasteiger partial charge on any atom is 0.268 e. The first kappa shape index (κ1) is 39.8. The second kappa shape index (κ2) is 14.9. The van der Waals surface area contributed by atoms with Gasteiger partial charge >= 0.3 is 0 Å². The minimum atomic E-state index is -1.88. The predicted molar refractivity (Wildman–Crippen MR) is 252 cm³/mol. The zero-order chi connectivity index (χ0) is 41.6. The van der Waals surface area contributed by atoms with Gasteiger partial charge in [-0.2, -0.15) is 18.2 Å². The summed E-state index contributed by atoms with van der Waals surface area (Å²) in [5.41, 5.74) is 14.5. The van der Waals surface area contributed by atoms with Crippen LogP contribution >= 0.6 is 0 Å². The molecule has 0 saturated carbocycles. The van der Waals surface area contributed by atoms with Crippen LogP contribution < -0.4 is 14.5 Å². The molecule has 62 heavy (non-hydrogen) atoms. The Hall–Kier alpha value is -6.33. The summed E-state index contributed by atoms with van der Waals surface area (Å²) in [5, 5.41) is 3.61. The summed E-state index contributed by atoms with van der Waals surface area (Å²) in [6, 6.07) is 61.3. The maximum atomic E-state index is 6.68. The molecule has 0 fully saturated rings. The zero-order valence-corrected chi connectivity index (χ0v) is 38.8. The van der Waals surface area contributed by atoms with Crippen molar-refractivity contribution < 1.29 is 30.4 Å². The predicted octanol–water partition coefficient (Wildman–Crippen LogP) is 12.7. The molecule has 0 unspecified atom stereocenters. The van der Waals surface area contributed by atoms with Crippen LogP contribution in [0.3, 0.4) is 0 Å². The summed E-state index contributed by atoms with van der Waals surface area (Å²) in [4.78, 5) is 4.86. The molecule has 0 saturated heterocycles. The third-order valence-electron chi connectivity index (χ3n) is 12.1. The molecule has 0 aliphatic carbocycles. The van der Waals surface area contributed by atoms with Crippen LogP contribution in [0, 0.1) is 18.5 Å². The maximum absolute atomic E-state index is 6.68. The summed E-state index contributed by atoms with van der Waals surface area (Å²) in [5.74, 6) is 2.04. The van der Waals surface area contributed by atoms with E-state index in [1.54, 1.807) is 0 Å². The molecular weight excluding hydrogens is 956 g/mol. The molecule has 1 aliphatic heterocycles. The first-order chi connectivity index (χ1) is 29.5. The molecule has 3 aromatic heterocycles. The van der Waals surface area contributed by atoms with Crippen molar-refractivity contribution in [2.24, 2.45) is 0 Å². The normalized spacial score (nSPS) is 12.2. The van der Waals surface area contributed by atoms with Gasteiger partial charge in [0.25, 0.3) is 6.33 Å². The third kappa shape index (κ3) is 6.47. The fourth-order valence-corrected chi connectivity index (χ4v) is 10.7. The minimum Gasteiger partial charge on any atom is -0.510 e.